The summed E-state index contributed by atoms with van der Waals surface area (Å²) in [5, 5.41) is 0. The van der Waals surface area contributed by atoms with Crippen molar-refractivity contribution in [1.82, 2.24) is 9.55 Å². The first-order valence-electron chi connectivity index (χ1n) is 7.30. The Kier molecular flexibility index (Phi) is 3.95. The van der Waals surface area contributed by atoms with E-state index in [-0.39, 0.29) is 5.41 Å². The van der Waals surface area contributed by atoms with Gasteiger partial charge in [0.2, 0.25) is 0 Å². The lowest BCUT2D eigenvalue weighted by Gasteiger charge is -2.19. The fourth-order valence-corrected chi connectivity index (χ4v) is 2.68. The van der Waals surface area contributed by atoms with E-state index in [1.807, 2.05) is 6.08 Å². The summed E-state index contributed by atoms with van der Waals surface area (Å²) in [4.78, 5) is 4.84. The Bertz CT molecular complexity index is 652. The molecule has 21 heavy (non-hydrogen) atoms. The monoisotopic (exact) mass is 283 g/mol. The third kappa shape index (κ3) is 3.02. The molecule has 2 aromatic rings. The first-order chi connectivity index (χ1) is 9.74. The fraction of sp³-hybridized carbons (Fsp3) is 0.389. The zero-order valence-corrected chi connectivity index (χ0v) is 13.7. The Labute approximate surface area is 127 Å². The van der Waals surface area contributed by atoms with Gasteiger partial charge >= 0.3 is 0 Å². The molecule has 0 amide bonds. The molecular weight excluding hydrogens is 258 g/mol. The number of anilines is 1. The number of imidazole rings is 1. The SMILES string of the molecule is C=CCn1c(C(C)(C)C)nc(-c2cc(C)cc(C)c2)c1N. The van der Waals surface area contributed by atoms with Crippen molar-refractivity contribution in [1.29, 1.82) is 0 Å². The van der Waals surface area contributed by atoms with Gasteiger partial charge in [0.15, 0.2) is 0 Å². The van der Waals surface area contributed by atoms with E-state index in [1.54, 1.807) is 0 Å². The number of allylic oxidation sites excluding steroid dienone is 1. The Morgan fingerprint density at radius 3 is 2.24 bits per heavy atom. The van der Waals surface area contributed by atoms with Crippen LogP contribution >= 0.6 is 0 Å². The lowest BCUT2D eigenvalue weighted by molar-refractivity contribution is 0.515. The van der Waals surface area contributed by atoms with Gasteiger partial charge in [0.05, 0.1) is 0 Å². The van der Waals surface area contributed by atoms with Gasteiger partial charge in [0.1, 0.15) is 17.3 Å². The largest absolute Gasteiger partial charge is 0.383 e. The smallest absolute Gasteiger partial charge is 0.132 e. The lowest BCUT2D eigenvalue weighted by atomic mass is 9.95. The summed E-state index contributed by atoms with van der Waals surface area (Å²) in [7, 11) is 0. The van der Waals surface area contributed by atoms with E-state index < -0.39 is 0 Å². The van der Waals surface area contributed by atoms with E-state index >= 15 is 0 Å². The highest BCUT2D eigenvalue weighted by Crippen LogP contribution is 2.32. The quantitative estimate of drug-likeness (QED) is 0.857. The van der Waals surface area contributed by atoms with Gasteiger partial charge in [0, 0.05) is 17.5 Å². The van der Waals surface area contributed by atoms with Crippen molar-refractivity contribution in [2.45, 2.75) is 46.6 Å². The standard InChI is InChI=1S/C18H25N3/c1-7-8-21-16(19)15(20-17(21)18(4,5)6)14-10-12(2)9-13(3)11-14/h7,9-11H,1,8,19H2,2-6H3. The van der Waals surface area contributed by atoms with Gasteiger partial charge in [-0.1, -0.05) is 44.0 Å². The highest BCUT2D eigenvalue weighted by Gasteiger charge is 2.25. The summed E-state index contributed by atoms with van der Waals surface area (Å²) in [5.41, 5.74) is 10.7. The van der Waals surface area contributed by atoms with Crippen molar-refractivity contribution in [2.24, 2.45) is 0 Å². The number of aryl methyl sites for hydroxylation is 2. The van der Waals surface area contributed by atoms with E-state index in [0.717, 1.165) is 17.1 Å². The van der Waals surface area contributed by atoms with E-state index in [0.29, 0.717) is 12.4 Å². The van der Waals surface area contributed by atoms with Crippen LogP contribution in [-0.2, 0) is 12.0 Å². The van der Waals surface area contributed by atoms with Crippen LogP contribution in [0.3, 0.4) is 0 Å². The average molecular weight is 283 g/mol. The molecule has 1 aromatic carbocycles. The van der Waals surface area contributed by atoms with Crippen LogP contribution in [0.1, 0.15) is 37.7 Å². The van der Waals surface area contributed by atoms with E-state index in [1.165, 1.54) is 11.1 Å². The summed E-state index contributed by atoms with van der Waals surface area (Å²) in [6.07, 6.45) is 1.86. The molecule has 1 aromatic heterocycles. The summed E-state index contributed by atoms with van der Waals surface area (Å²) in [5.74, 6) is 1.71. The van der Waals surface area contributed by atoms with Crippen molar-refractivity contribution < 1.29 is 0 Å². The number of rotatable bonds is 3. The first-order valence-corrected chi connectivity index (χ1v) is 7.30. The van der Waals surface area contributed by atoms with E-state index in [9.17, 15) is 0 Å². The Hall–Kier alpha value is -2.03. The molecule has 112 valence electrons. The second kappa shape index (κ2) is 5.40. The summed E-state index contributed by atoms with van der Waals surface area (Å²) < 4.78 is 2.06. The van der Waals surface area contributed by atoms with Crippen molar-refractivity contribution in [3.05, 3.63) is 47.8 Å². The number of hydrogen-bond acceptors (Lipinski definition) is 2. The Morgan fingerprint density at radius 1 is 1.19 bits per heavy atom. The molecule has 2 N–H and O–H groups in total. The lowest BCUT2D eigenvalue weighted by Crippen LogP contribution is -2.19. The summed E-state index contributed by atoms with van der Waals surface area (Å²) in [6, 6.07) is 6.43. The van der Waals surface area contributed by atoms with Crippen LogP contribution in [0.15, 0.2) is 30.9 Å². The summed E-state index contributed by atoms with van der Waals surface area (Å²) in [6.45, 7) is 15.2. The molecular formula is C18H25N3. The second-order valence-corrected chi connectivity index (χ2v) is 6.69. The van der Waals surface area contributed by atoms with Gasteiger partial charge in [-0.15, -0.1) is 6.58 Å². The van der Waals surface area contributed by atoms with Gasteiger partial charge in [-0.2, -0.15) is 0 Å². The molecule has 2 rings (SSSR count). The minimum Gasteiger partial charge on any atom is -0.383 e. The second-order valence-electron chi connectivity index (χ2n) is 6.69. The third-order valence-corrected chi connectivity index (χ3v) is 3.48. The van der Waals surface area contributed by atoms with Gasteiger partial charge in [-0.25, -0.2) is 4.98 Å². The van der Waals surface area contributed by atoms with Crippen LogP contribution in [-0.4, -0.2) is 9.55 Å². The van der Waals surface area contributed by atoms with Crippen LogP contribution in [0.4, 0.5) is 5.82 Å². The van der Waals surface area contributed by atoms with E-state index in [4.69, 9.17) is 10.7 Å². The molecule has 3 nitrogen and oxygen atoms in total. The van der Waals surface area contributed by atoms with Crippen molar-refractivity contribution in [3.63, 3.8) is 0 Å². The van der Waals surface area contributed by atoms with Crippen LogP contribution in [0.2, 0.25) is 0 Å². The summed E-state index contributed by atoms with van der Waals surface area (Å²) >= 11 is 0. The van der Waals surface area contributed by atoms with Crippen LogP contribution in [0.5, 0.6) is 0 Å². The van der Waals surface area contributed by atoms with Crippen molar-refractivity contribution in [2.75, 3.05) is 5.73 Å². The predicted molar refractivity (Wildman–Crippen MR) is 90.4 cm³/mol. The molecule has 0 saturated carbocycles. The molecule has 3 heteroatoms. The van der Waals surface area contributed by atoms with Crippen molar-refractivity contribution >= 4 is 5.82 Å². The molecule has 0 saturated heterocycles. The number of benzene rings is 1. The van der Waals surface area contributed by atoms with Crippen LogP contribution in [0, 0.1) is 13.8 Å². The molecule has 0 aliphatic rings. The third-order valence-electron chi connectivity index (χ3n) is 3.48. The topological polar surface area (TPSA) is 43.8 Å². The molecule has 1 heterocycles. The molecule has 0 atom stereocenters. The number of nitrogens with zero attached hydrogens (tertiary/aromatic N) is 2. The highest BCUT2D eigenvalue weighted by atomic mass is 15.1. The molecule has 0 unspecified atom stereocenters. The zero-order valence-electron chi connectivity index (χ0n) is 13.7. The molecule has 0 radical (unpaired) electrons. The van der Waals surface area contributed by atoms with Crippen LogP contribution < -0.4 is 5.73 Å². The molecule has 0 spiro atoms. The number of nitrogen functional groups attached to an aromatic ring is 1. The number of hydrogen-bond donors (Lipinski definition) is 1. The molecule has 0 fully saturated rings. The van der Waals surface area contributed by atoms with Gasteiger partial charge < -0.3 is 10.3 Å². The maximum Gasteiger partial charge on any atom is 0.132 e. The minimum atomic E-state index is -0.0613. The zero-order chi connectivity index (χ0) is 15.8. The predicted octanol–water partition coefficient (Wildman–Crippen LogP) is 4.23. The van der Waals surface area contributed by atoms with Crippen molar-refractivity contribution in [3.8, 4) is 11.3 Å². The van der Waals surface area contributed by atoms with Gasteiger partial charge in [0.25, 0.3) is 0 Å². The highest BCUT2D eigenvalue weighted by molar-refractivity contribution is 5.72. The van der Waals surface area contributed by atoms with E-state index in [2.05, 4.69) is 64.0 Å². The van der Waals surface area contributed by atoms with Gasteiger partial charge in [-0.05, 0) is 26.0 Å². The van der Waals surface area contributed by atoms with Crippen LogP contribution in [0.25, 0.3) is 11.3 Å². The maximum absolute atomic E-state index is 6.37. The Balaban J connectivity index is 2.67. The molecule has 0 aliphatic carbocycles. The fourth-order valence-electron chi connectivity index (χ4n) is 2.68. The van der Waals surface area contributed by atoms with Gasteiger partial charge in [-0.3, -0.25) is 0 Å². The normalized spacial score (nSPS) is 11.7. The number of aromatic nitrogens is 2. The Morgan fingerprint density at radius 2 is 1.76 bits per heavy atom. The molecule has 0 bridgehead atoms. The minimum absolute atomic E-state index is 0.0613. The number of nitrogens with two attached hydrogens (primary N) is 1. The first kappa shape index (κ1) is 15.4. The maximum atomic E-state index is 6.37. The molecule has 0 aliphatic heterocycles. The average Bonchev–Trinajstić information content (AvgIpc) is 2.66.